The minimum absolute atomic E-state index is 0.139. The van der Waals surface area contributed by atoms with Crippen LogP contribution in [0.1, 0.15) is 44.9 Å². The van der Waals surface area contributed by atoms with Gasteiger partial charge < -0.3 is 10.6 Å². The first-order chi connectivity index (χ1) is 16.8. The molecule has 2 N–H and O–H groups in total. The average molecular weight is 492 g/mol. The van der Waals surface area contributed by atoms with Crippen LogP contribution in [0.25, 0.3) is 10.9 Å². The summed E-state index contributed by atoms with van der Waals surface area (Å²) in [5.74, 6) is -0.681. The van der Waals surface area contributed by atoms with Gasteiger partial charge in [-0.15, -0.1) is 0 Å². The number of hydrogen-bond acceptors (Lipinski definition) is 5. The van der Waals surface area contributed by atoms with E-state index in [1.54, 1.807) is 42.5 Å². The van der Waals surface area contributed by atoms with Crippen LogP contribution >= 0.6 is 0 Å². The van der Waals surface area contributed by atoms with Crippen LogP contribution in [0.3, 0.4) is 0 Å². The molecule has 1 aliphatic rings. The third kappa shape index (κ3) is 4.32. The average Bonchev–Trinajstić information content (AvgIpc) is 3.37. The highest BCUT2D eigenvalue weighted by molar-refractivity contribution is 7.90. The molecule has 1 saturated carbocycles. The van der Waals surface area contributed by atoms with Crippen LogP contribution in [-0.2, 0) is 16.6 Å². The Bertz CT molecular complexity index is 1550. The molecule has 0 bridgehead atoms. The Hall–Kier alpha value is -3.92. The number of amides is 2. The fraction of sp³-hybridized carbons (Fsp3) is 0.240. The maximum absolute atomic E-state index is 13.3. The Morgan fingerprint density at radius 1 is 1.06 bits per heavy atom. The van der Waals surface area contributed by atoms with E-state index in [1.807, 2.05) is 13.0 Å². The van der Waals surface area contributed by atoms with Gasteiger partial charge in [-0.1, -0.05) is 29.8 Å². The third-order valence-corrected chi connectivity index (χ3v) is 7.77. The van der Waals surface area contributed by atoms with Gasteiger partial charge in [0.2, 0.25) is 0 Å². The molecular weight excluding hydrogens is 466 g/mol. The molecule has 2 amide bonds. The standard InChI is InChI=1S/C25H25N5O4S/c1-16-6-10-19(11-7-16)35(33,34)30-13-12-20-17(4-3-5-22(20)30)15-29-23(25(32)27-18-8-9-18)14-21(28-29)24(31)26-2/h3-7,10-14,18H,8-9,15H2,1-2H3,(H,26,31)(H,27,32). The van der Waals surface area contributed by atoms with Crippen LogP contribution in [0, 0.1) is 6.92 Å². The Morgan fingerprint density at radius 2 is 1.80 bits per heavy atom. The molecule has 35 heavy (non-hydrogen) atoms. The number of fused-ring (bicyclic) bond motifs is 1. The molecule has 2 heterocycles. The van der Waals surface area contributed by atoms with Crippen LogP contribution in [-0.4, -0.2) is 47.1 Å². The summed E-state index contributed by atoms with van der Waals surface area (Å²) in [4.78, 5) is 25.2. The summed E-state index contributed by atoms with van der Waals surface area (Å²) in [6.45, 7) is 2.09. The monoisotopic (exact) mass is 491 g/mol. The second kappa shape index (κ2) is 8.70. The summed E-state index contributed by atoms with van der Waals surface area (Å²) >= 11 is 0. The maximum atomic E-state index is 13.3. The molecule has 4 aromatic rings. The maximum Gasteiger partial charge on any atom is 0.271 e. The molecule has 0 aliphatic heterocycles. The lowest BCUT2D eigenvalue weighted by Gasteiger charge is -2.11. The lowest BCUT2D eigenvalue weighted by atomic mass is 10.1. The second-order valence-electron chi connectivity index (χ2n) is 8.68. The predicted octanol–water partition coefficient (Wildman–Crippen LogP) is 2.68. The molecule has 2 aromatic carbocycles. The number of nitrogens with zero attached hydrogens (tertiary/aromatic N) is 3. The molecule has 1 aliphatic carbocycles. The zero-order valence-corrected chi connectivity index (χ0v) is 20.2. The van der Waals surface area contributed by atoms with Crippen molar-refractivity contribution in [3.63, 3.8) is 0 Å². The van der Waals surface area contributed by atoms with E-state index in [2.05, 4.69) is 15.7 Å². The van der Waals surface area contributed by atoms with Crippen molar-refractivity contribution < 1.29 is 18.0 Å². The minimum Gasteiger partial charge on any atom is -0.354 e. The summed E-state index contributed by atoms with van der Waals surface area (Å²) in [6, 6.07) is 15.4. The van der Waals surface area contributed by atoms with Gasteiger partial charge in [0.05, 0.1) is 17.0 Å². The Kier molecular flexibility index (Phi) is 5.68. The van der Waals surface area contributed by atoms with Crippen molar-refractivity contribution in [1.82, 2.24) is 24.4 Å². The van der Waals surface area contributed by atoms with Gasteiger partial charge in [0.15, 0.2) is 5.69 Å². The predicted molar refractivity (Wildman–Crippen MR) is 131 cm³/mol. The molecule has 0 atom stereocenters. The van der Waals surface area contributed by atoms with Crippen molar-refractivity contribution in [3.8, 4) is 0 Å². The van der Waals surface area contributed by atoms with E-state index in [1.165, 1.54) is 28.0 Å². The SMILES string of the molecule is CNC(=O)c1cc(C(=O)NC2CC2)n(Cc2cccc3c2ccn3S(=O)(=O)c2ccc(C)cc2)n1. The van der Waals surface area contributed by atoms with Crippen molar-refractivity contribution in [3.05, 3.63) is 83.3 Å². The highest BCUT2D eigenvalue weighted by Crippen LogP contribution is 2.26. The minimum atomic E-state index is -3.79. The van der Waals surface area contributed by atoms with Gasteiger partial charge in [0, 0.05) is 30.7 Å². The molecule has 1 fully saturated rings. The highest BCUT2D eigenvalue weighted by Gasteiger charge is 2.27. The van der Waals surface area contributed by atoms with E-state index in [-0.39, 0.29) is 34.8 Å². The van der Waals surface area contributed by atoms with Crippen molar-refractivity contribution >= 4 is 32.7 Å². The molecule has 0 saturated heterocycles. The quantitative estimate of drug-likeness (QED) is 0.413. The fourth-order valence-electron chi connectivity index (χ4n) is 3.99. The van der Waals surface area contributed by atoms with Crippen LogP contribution in [0.15, 0.2) is 65.7 Å². The smallest absolute Gasteiger partial charge is 0.271 e. The van der Waals surface area contributed by atoms with Crippen molar-refractivity contribution in [1.29, 1.82) is 0 Å². The summed E-state index contributed by atoms with van der Waals surface area (Å²) in [5, 5.41) is 10.5. The van der Waals surface area contributed by atoms with Crippen molar-refractivity contribution in [2.24, 2.45) is 0 Å². The zero-order chi connectivity index (χ0) is 24.7. The van der Waals surface area contributed by atoms with Crippen molar-refractivity contribution in [2.75, 3.05) is 7.05 Å². The lowest BCUT2D eigenvalue weighted by Crippen LogP contribution is -2.28. The van der Waals surface area contributed by atoms with Gasteiger partial charge in [-0.05, 0) is 49.6 Å². The first-order valence-electron chi connectivity index (χ1n) is 11.3. The van der Waals surface area contributed by atoms with E-state index in [0.29, 0.717) is 10.9 Å². The van der Waals surface area contributed by atoms with E-state index in [9.17, 15) is 18.0 Å². The van der Waals surface area contributed by atoms with Crippen LogP contribution in [0.2, 0.25) is 0 Å². The van der Waals surface area contributed by atoms with Crippen LogP contribution in [0.5, 0.6) is 0 Å². The topological polar surface area (TPSA) is 115 Å². The van der Waals surface area contributed by atoms with Gasteiger partial charge in [-0.25, -0.2) is 12.4 Å². The van der Waals surface area contributed by atoms with Crippen LogP contribution < -0.4 is 10.6 Å². The molecule has 9 nitrogen and oxygen atoms in total. The van der Waals surface area contributed by atoms with Gasteiger partial charge in [0.25, 0.3) is 21.8 Å². The lowest BCUT2D eigenvalue weighted by molar-refractivity contribution is 0.0937. The fourth-order valence-corrected chi connectivity index (χ4v) is 5.33. The number of aromatic nitrogens is 3. The molecule has 180 valence electrons. The van der Waals surface area contributed by atoms with Gasteiger partial charge in [0.1, 0.15) is 5.69 Å². The number of carbonyl (C=O) groups excluding carboxylic acids is 2. The normalized spacial score (nSPS) is 13.7. The number of aryl methyl sites for hydroxylation is 1. The van der Waals surface area contributed by atoms with Crippen molar-refractivity contribution in [2.45, 2.75) is 37.2 Å². The Labute approximate surface area is 202 Å². The third-order valence-electron chi connectivity index (χ3n) is 6.07. The largest absolute Gasteiger partial charge is 0.354 e. The summed E-state index contributed by atoms with van der Waals surface area (Å²) in [7, 11) is -2.29. The molecule has 2 aromatic heterocycles. The second-order valence-corrected chi connectivity index (χ2v) is 10.5. The number of carbonyl (C=O) groups is 2. The first-order valence-corrected chi connectivity index (χ1v) is 12.7. The molecule has 0 radical (unpaired) electrons. The Morgan fingerprint density at radius 3 is 2.49 bits per heavy atom. The molecule has 0 spiro atoms. The van der Waals surface area contributed by atoms with E-state index in [0.717, 1.165) is 24.0 Å². The van der Waals surface area contributed by atoms with Gasteiger partial charge in [-0.2, -0.15) is 5.10 Å². The summed E-state index contributed by atoms with van der Waals surface area (Å²) in [6.07, 6.45) is 3.40. The molecule has 10 heteroatoms. The number of rotatable bonds is 7. The summed E-state index contributed by atoms with van der Waals surface area (Å²) in [5.41, 5.74) is 2.68. The number of benzene rings is 2. The molecule has 0 unspecified atom stereocenters. The zero-order valence-electron chi connectivity index (χ0n) is 19.4. The van der Waals surface area contributed by atoms with E-state index in [4.69, 9.17) is 0 Å². The molecular formula is C25H25N5O4S. The Balaban J connectivity index is 1.54. The highest BCUT2D eigenvalue weighted by atomic mass is 32.2. The van der Waals surface area contributed by atoms with Gasteiger partial charge >= 0.3 is 0 Å². The van der Waals surface area contributed by atoms with E-state index >= 15 is 0 Å². The van der Waals surface area contributed by atoms with Gasteiger partial charge in [-0.3, -0.25) is 14.3 Å². The summed E-state index contributed by atoms with van der Waals surface area (Å²) < 4.78 is 29.4. The first kappa shape index (κ1) is 22.9. The number of hydrogen-bond donors (Lipinski definition) is 2. The molecule has 5 rings (SSSR count). The van der Waals surface area contributed by atoms with Crippen LogP contribution in [0.4, 0.5) is 0 Å². The number of nitrogens with one attached hydrogen (secondary N) is 2. The van der Waals surface area contributed by atoms with E-state index < -0.39 is 15.9 Å².